The van der Waals surface area contributed by atoms with Crippen molar-refractivity contribution in [1.29, 1.82) is 0 Å². The Morgan fingerprint density at radius 2 is 2.05 bits per heavy atom. The summed E-state index contributed by atoms with van der Waals surface area (Å²) in [6.07, 6.45) is 2.76. The van der Waals surface area contributed by atoms with Crippen LogP contribution in [0.1, 0.15) is 24.8 Å². The standard InChI is InChI=1S/C15H18ClNO2/c16-13-3-1-12(2-4-13)15(6-7-15)14(19)17-8-5-11(9-17)10-18/h1-4,11,18H,5-10H2. The van der Waals surface area contributed by atoms with E-state index in [1.54, 1.807) is 0 Å². The number of rotatable bonds is 3. The maximum Gasteiger partial charge on any atom is 0.233 e. The summed E-state index contributed by atoms with van der Waals surface area (Å²) in [6.45, 7) is 1.65. The summed E-state index contributed by atoms with van der Waals surface area (Å²) in [5.41, 5.74) is 0.768. The van der Waals surface area contributed by atoms with E-state index >= 15 is 0 Å². The Bertz CT molecular complexity index is 481. The molecule has 2 fully saturated rings. The normalized spacial score (nSPS) is 24.5. The molecule has 19 heavy (non-hydrogen) atoms. The predicted octanol–water partition coefficient (Wildman–Crippen LogP) is 2.21. The Balaban J connectivity index is 1.78. The molecule has 3 nitrogen and oxygen atoms in total. The Labute approximate surface area is 118 Å². The molecule has 1 saturated heterocycles. The molecule has 102 valence electrons. The molecular weight excluding hydrogens is 262 g/mol. The summed E-state index contributed by atoms with van der Waals surface area (Å²) in [5, 5.41) is 9.88. The molecule has 1 heterocycles. The number of nitrogens with zero attached hydrogens (tertiary/aromatic N) is 1. The van der Waals surface area contributed by atoms with Gasteiger partial charge in [-0.05, 0) is 37.0 Å². The van der Waals surface area contributed by atoms with Crippen LogP contribution in [0.2, 0.25) is 5.02 Å². The molecule has 0 bridgehead atoms. The van der Waals surface area contributed by atoms with E-state index in [4.69, 9.17) is 11.6 Å². The number of aliphatic hydroxyl groups is 1. The summed E-state index contributed by atoms with van der Waals surface area (Å²) < 4.78 is 0. The van der Waals surface area contributed by atoms with E-state index in [1.165, 1.54) is 0 Å². The van der Waals surface area contributed by atoms with Gasteiger partial charge in [-0.25, -0.2) is 0 Å². The SMILES string of the molecule is O=C(N1CCC(CO)C1)C1(c2ccc(Cl)cc2)CC1. The molecule has 1 aromatic rings. The molecule has 4 heteroatoms. The molecule has 1 aromatic carbocycles. The quantitative estimate of drug-likeness (QED) is 0.922. The maximum absolute atomic E-state index is 12.7. The fourth-order valence-electron chi connectivity index (χ4n) is 2.99. The van der Waals surface area contributed by atoms with Crippen LogP contribution in [0.3, 0.4) is 0 Å². The van der Waals surface area contributed by atoms with Gasteiger partial charge in [0.25, 0.3) is 0 Å². The molecule has 1 unspecified atom stereocenters. The molecule has 0 spiro atoms. The maximum atomic E-state index is 12.7. The summed E-state index contributed by atoms with van der Waals surface area (Å²) >= 11 is 5.90. The Kier molecular flexibility index (Phi) is 3.27. The summed E-state index contributed by atoms with van der Waals surface area (Å²) in [5.74, 6) is 0.482. The lowest BCUT2D eigenvalue weighted by atomic mass is 9.94. The van der Waals surface area contributed by atoms with Gasteiger partial charge in [-0.1, -0.05) is 23.7 Å². The Hall–Kier alpha value is -1.06. The molecule has 1 amide bonds. The Morgan fingerprint density at radius 1 is 1.37 bits per heavy atom. The van der Waals surface area contributed by atoms with Crippen molar-refractivity contribution in [2.75, 3.05) is 19.7 Å². The number of benzene rings is 1. The van der Waals surface area contributed by atoms with Gasteiger partial charge in [0.05, 0.1) is 5.41 Å². The summed E-state index contributed by atoms with van der Waals surface area (Å²) in [4.78, 5) is 14.6. The van der Waals surface area contributed by atoms with Gasteiger partial charge in [0.2, 0.25) is 5.91 Å². The van der Waals surface area contributed by atoms with Crippen LogP contribution in [0.5, 0.6) is 0 Å². The van der Waals surface area contributed by atoms with Crippen LogP contribution in [0.25, 0.3) is 0 Å². The smallest absolute Gasteiger partial charge is 0.233 e. The first-order valence-electron chi connectivity index (χ1n) is 6.82. The van der Waals surface area contributed by atoms with Crippen molar-refractivity contribution < 1.29 is 9.90 Å². The van der Waals surface area contributed by atoms with Crippen LogP contribution in [0.15, 0.2) is 24.3 Å². The Morgan fingerprint density at radius 3 is 2.58 bits per heavy atom. The van der Waals surface area contributed by atoms with Crippen LogP contribution < -0.4 is 0 Å². The van der Waals surface area contributed by atoms with Crippen LogP contribution >= 0.6 is 11.6 Å². The van der Waals surface area contributed by atoms with Crippen molar-refractivity contribution >= 4 is 17.5 Å². The first kappa shape index (κ1) is 12.9. The van der Waals surface area contributed by atoms with Crippen molar-refractivity contribution in [3.8, 4) is 0 Å². The summed E-state index contributed by atoms with van der Waals surface area (Å²) in [7, 11) is 0. The van der Waals surface area contributed by atoms with Gasteiger partial charge in [-0.2, -0.15) is 0 Å². The molecule has 3 rings (SSSR count). The molecule has 0 radical (unpaired) electrons. The number of halogens is 1. The first-order chi connectivity index (χ1) is 9.15. The van der Waals surface area contributed by atoms with Gasteiger partial charge in [0.1, 0.15) is 0 Å². The van der Waals surface area contributed by atoms with Crippen LogP contribution in [0.4, 0.5) is 0 Å². The second-order valence-corrected chi connectivity index (χ2v) is 6.11. The highest BCUT2D eigenvalue weighted by Gasteiger charge is 2.53. The molecule has 1 saturated carbocycles. The molecular formula is C15H18ClNO2. The molecule has 1 aliphatic heterocycles. The number of hydrogen-bond donors (Lipinski definition) is 1. The third-order valence-corrected chi connectivity index (χ3v) is 4.64. The number of aliphatic hydroxyl groups excluding tert-OH is 1. The lowest BCUT2D eigenvalue weighted by molar-refractivity contribution is -0.133. The minimum Gasteiger partial charge on any atom is -0.396 e. The average molecular weight is 280 g/mol. The predicted molar refractivity (Wildman–Crippen MR) is 74.1 cm³/mol. The van der Waals surface area contributed by atoms with E-state index in [2.05, 4.69) is 0 Å². The topological polar surface area (TPSA) is 40.5 Å². The molecule has 1 N–H and O–H groups in total. The largest absolute Gasteiger partial charge is 0.396 e. The first-order valence-corrected chi connectivity index (χ1v) is 7.20. The fourth-order valence-corrected chi connectivity index (χ4v) is 3.11. The molecule has 2 aliphatic rings. The third kappa shape index (κ3) is 2.26. The highest BCUT2D eigenvalue weighted by atomic mass is 35.5. The van der Waals surface area contributed by atoms with Gasteiger partial charge >= 0.3 is 0 Å². The number of carbonyl (C=O) groups excluding carboxylic acids is 1. The number of amides is 1. The van der Waals surface area contributed by atoms with E-state index in [0.29, 0.717) is 11.6 Å². The van der Waals surface area contributed by atoms with Crippen molar-refractivity contribution in [2.45, 2.75) is 24.7 Å². The number of likely N-dealkylation sites (tertiary alicyclic amines) is 1. The average Bonchev–Trinajstić information content (AvgIpc) is 3.09. The highest BCUT2D eigenvalue weighted by molar-refractivity contribution is 6.30. The van der Waals surface area contributed by atoms with E-state index in [-0.39, 0.29) is 23.8 Å². The lowest BCUT2D eigenvalue weighted by Crippen LogP contribution is -2.38. The fraction of sp³-hybridized carbons (Fsp3) is 0.533. The van der Waals surface area contributed by atoms with Gasteiger partial charge in [-0.15, -0.1) is 0 Å². The third-order valence-electron chi connectivity index (χ3n) is 4.39. The summed E-state index contributed by atoms with van der Waals surface area (Å²) in [6, 6.07) is 7.63. The van der Waals surface area contributed by atoms with Crippen LogP contribution in [-0.4, -0.2) is 35.6 Å². The van der Waals surface area contributed by atoms with E-state index < -0.39 is 0 Å². The van der Waals surface area contributed by atoms with E-state index in [1.807, 2.05) is 29.2 Å². The van der Waals surface area contributed by atoms with Gasteiger partial charge in [0.15, 0.2) is 0 Å². The highest BCUT2D eigenvalue weighted by Crippen LogP contribution is 2.50. The van der Waals surface area contributed by atoms with E-state index in [0.717, 1.165) is 31.4 Å². The molecule has 0 aromatic heterocycles. The monoisotopic (exact) mass is 279 g/mol. The zero-order chi connectivity index (χ0) is 13.5. The van der Waals surface area contributed by atoms with Gasteiger partial charge in [0, 0.05) is 30.6 Å². The zero-order valence-electron chi connectivity index (χ0n) is 10.8. The van der Waals surface area contributed by atoms with Crippen LogP contribution in [-0.2, 0) is 10.2 Å². The lowest BCUT2D eigenvalue weighted by Gasteiger charge is -2.23. The molecule has 1 atom stereocenters. The number of hydrogen-bond acceptors (Lipinski definition) is 2. The number of carbonyl (C=O) groups is 1. The van der Waals surface area contributed by atoms with Crippen molar-refractivity contribution in [3.05, 3.63) is 34.9 Å². The van der Waals surface area contributed by atoms with Gasteiger partial charge < -0.3 is 10.0 Å². The minimum absolute atomic E-state index is 0.178. The van der Waals surface area contributed by atoms with Crippen molar-refractivity contribution in [3.63, 3.8) is 0 Å². The van der Waals surface area contributed by atoms with Crippen LogP contribution in [0, 0.1) is 5.92 Å². The second kappa shape index (κ2) is 4.80. The van der Waals surface area contributed by atoms with Crippen molar-refractivity contribution in [2.24, 2.45) is 5.92 Å². The van der Waals surface area contributed by atoms with Gasteiger partial charge in [-0.3, -0.25) is 4.79 Å². The van der Waals surface area contributed by atoms with E-state index in [9.17, 15) is 9.90 Å². The van der Waals surface area contributed by atoms with Crippen molar-refractivity contribution in [1.82, 2.24) is 4.90 Å². The second-order valence-electron chi connectivity index (χ2n) is 5.68. The minimum atomic E-state index is -0.311. The molecule has 1 aliphatic carbocycles. The zero-order valence-corrected chi connectivity index (χ0v) is 11.6.